The summed E-state index contributed by atoms with van der Waals surface area (Å²) >= 11 is 1.72. The third-order valence-electron chi connectivity index (χ3n) is 4.39. The van der Waals surface area contributed by atoms with Gasteiger partial charge in [0.05, 0.1) is 6.54 Å². The molecule has 0 spiro atoms. The molecule has 1 aromatic rings. The molecule has 0 radical (unpaired) electrons. The fourth-order valence-electron chi connectivity index (χ4n) is 2.79. The van der Waals surface area contributed by atoms with Crippen LogP contribution in [0, 0.1) is 0 Å². The Bertz CT molecular complexity index is 452. The first-order valence-electron chi connectivity index (χ1n) is 8.72. The van der Waals surface area contributed by atoms with Crippen LogP contribution < -0.4 is 10.6 Å². The van der Waals surface area contributed by atoms with Gasteiger partial charge in [-0.2, -0.15) is 11.3 Å². The van der Waals surface area contributed by atoms with Crippen LogP contribution in [-0.4, -0.2) is 67.6 Å². The molecule has 0 saturated carbocycles. The third kappa shape index (κ3) is 6.12. The van der Waals surface area contributed by atoms with E-state index >= 15 is 0 Å². The van der Waals surface area contributed by atoms with Gasteiger partial charge in [0.25, 0.3) is 0 Å². The van der Waals surface area contributed by atoms with Gasteiger partial charge in [-0.25, -0.2) is 4.99 Å². The molecule has 1 unspecified atom stereocenters. The quantitative estimate of drug-likeness (QED) is 0.588. The molecule has 0 bridgehead atoms. The van der Waals surface area contributed by atoms with Gasteiger partial charge < -0.3 is 15.5 Å². The molecule has 5 nitrogen and oxygen atoms in total. The molecule has 1 aliphatic heterocycles. The maximum Gasteiger partial charge on any atom is 0.191 e. The molecular formula is C17H31N5S. The zero-order chi connectivity index (χ0) is 16.5. The molecule has 0 amide bonds. The highest BCUT2D eigenvalue weighted by atomic mass is 32.1. The summed E-state index contributed by atoms with van der Waals surface area (Å²) in [5.41, 5.74) is 1.27. The highest BCUT2D eigenvalue weighted by Crippen LogP contribution is 2.07. The summed E-state index contributed by atoms with van der Waals surface area (Å²) in [6.07, 6.45) is 0. The number of aliphatic imine (C=N–C) groups is 1. The molecule has 0 aromatic carbocycles. The lowest BCUT2D eigenvalue weighted by Gasteiger charge is -2.37. The predicted octanol–water partition coefficient (Wildman–Crippen LogP) is 1.83. The summed E-state index contributed by atoms with van der Waals surface area (Å²) in [7, 11) is 0. The van der Waals surface area contributed by atoms with Crippen LogP contribution in [0.1, 0.15) is 26.3 Å². The summed E-state index contributed by atoms with van der Waals surface area (Å²) in [6.45, 7) is 15.1. The highest BCUT2D eigenvalue weighted by molar-refractivity contribution is 7.07. The van der Waals surface area contributed by atoms with Crippen LogP contribution >= 0.6 is 11.3 Å². The summed E-state index contributed by atoms with van der Waals surface area (Å²) < 4.78 is 0. The normalized spacial score (nSPS) is 18.8. The van der Waals surface area contributed by atoms with Crippen LogP contribution in [-0.2, 0) is 6.54 Å². The van der Waals surface area contributed by atoms with Crippen molar-refractivity contribution in [3.05, 3.63) is 22.4 Å². The van der Waals surface area contributed by atoms with Crippen LogP contribution in [0.4, 0.5) is 0 Å². The molecule has 2 N–H and O–H groups in total. The van der Waals surface area contributed by atoms with Crippen molar-refractivity contribution in [2.75, 3.05) is 45.8 Å². The number of guanidine groups is 1. The van der Waals surface area contributed by atoms with E-state index in [1.165, 1.54) is 38.3 Å². The van der Waals surface area contributed by atoms with Gasteiger partial charge in [-0.05, 0) is 42.8 Å². The molecular weight excluding hydrogens is 306 g/mol. The number of hydrogen-bond acceptors (Lipinski definition) is 4. The summed E-state index contributed by atoms with van der Waals surface area (Å²) in [4.78, 5) is 9.76. The van der Waals surface area contributed by atoms with Crippen LogP contribution in [0.5, 0.6) is 0 Å². The van der Waals surface area contributed by atoms with Gasteiger partial charge in [-0.3, -0.25) is 4.90 Å². The van der Waals surface area contributed by atoms with Crippen molar-refractivity contribution in [3.8, 4) is 0 Å². The number of hydrogen-bond donors (Lipinski definition) is 2. The van der Waals surface area contributed by atoms with Gasteiger partial charge in [-0.15, -0.1) is 0 Å². The van der Waals surface area contributed by atoms with Gasteiger partial charge in [0, 0.05) is 45.3 Å². The standard InChI is InChI=1S/C17H31N5S/c1-4-18-17(20-13-16-6-11-23-14-16)19-12-15(3)22-9-7-21(5-2)8-10-22/h6,11,14-15H,4-5,7-10,12-13H2,1-3H3,(H2,18,19,20). The second kappa shape index (κ2) is 9.90. The molecule has 0 aliphatic carbocycles. The van der Waals surface area contributed by atoms with E-state index in [4.69, 9.17) is 0 Å². The second-order valence-corrected chi connectivity index (χ2v) is 6.81. The van der Waals surface area contributed by atoms with E-state index in [-0.39, 0.29) is 0 Å². The number of nitrogens with zero attached hydrogens (tertiary/aromatic N) is 3. The Morgan fingerprint density at radius 2 is 2.04 bits per heavy atom. The van der Waals surface area contributed by atoms with E-state index in [9.17, 15) is 0 Å². The fourth-order valence-corrected chi connectivity index (χ4v) is 3.45. The van der Waals surface area contributed by atoms with E-state index in [0.717, 1.165) is 25.6 Å². The summed E-state index contributed by atoms with van der Waals surface area (Å²) in [5.74, 6) is 0.915. The Balaban J connectivity index is 1.77. The smallest absolute Gasteiger partial charge is 0.191 e. The Hall–Kier alpha value is -1.11. The van der Waals surface area contributed by atoms with Gasteiger partial charge in [0.15, 0.2) is 5.96 Å². The van der Waals surface area contributed by atoms with Crippen molar-refractivity contribution in [1.82, 2.24) is 20.4 Å². The minimum atomic E-state index is 0.527. The Morgan fingerprint density at radius 1 is 1.26 bits per heavy atom. The van der Waals surface area contributed by atoms with Crippen LogP contribution in [0.25, 0.3) is 0 Å². The van der Waals surface area contributed by atoms with E-state index in [1.807, 2.05) is 0 Å². The maximum atomic E-state index is 4.67. The first-order valence-corrected chi connectivity index (χ1v) is 9.66. The SMILES string of the molecule is CCNC(=NCc1ccsc1)NCC(C)N1CCN(CC)CC1. The average Bonchev–Trinajstić information content (AvgIpc) is 3.10. The molecule has 1 aromatic heterocycles. The number of piperazine rings is 1. The maximum absolute atomic E-state index is 4.67. The summed E-state index contributed by atoms with van der Waals surface area (Å²) in [6, 6.07) is 2.66. The topological polar surface area (TPSA) is 42.9 Å². The fraction of sp³-hybridized carbons (Fsp3) is 0.706. The molecule has 2 rings (SSSR count). The second-order valence-electron chi connectivity index (χ2n) is 6.03. The van der Waals surface area contributed by atoms with Gasteiger partial charge >= 0.3 is 0 Å². The Labute approximate surface area is 144 Å². The van der Waals surface area contributed by atoms with Crippen molar-refractivity contribution < 1.29 is 0 Å². The molecule has 1 fully saturated rings. The van der Waals surface area contributed by atoms with E-state index in [2.05, 4.69) is 63.0 Å². The zero-order valence-corrected chi connectivity index (χ0v) is 15.5. The van der Waals surface area contributed by atoms with Crippen LogP contribution in [0.2, 0.25) is 0 Å². The molecule has 6 heteroatoms. The third-order valence-corrected chi connectivity index (χ3v) is 5.12. The largest absolute Gasteiger partial charge is 0.357 e. The zero-order valence-electron chi connectivity index (χ0n) is 14.7. The lowest BCUT2D eigenvalue weighted by molar-refractivity contribution is 0.107. The number of likely N-dealkylation sites (N-methyl/N-ethyl adjacent to an activating group) is 1. The average molecular weight is 338 g/mol. The molecule has 23 heavy (non-hydrogen) atoms. The summed E-state index contributed by atoms with van der Waals surface area (Å²) in [5, 5.41) is 11.1. The number of nitrogens with one attached hydrogen (secondary N) is 2. The van der Waals surface area contributed by atoms with E-state index < -0.39 is 0 Å². The molecule has 130 valence electrons. The minimum absolute atomic E-state index is 0.527. The van der Waals surface area contributed by atoms with Crippen LogP contribution in [0.3, 0.4) is 0 Å². The van der Waals surface area contributed by atoms with Gasteiger partial charge in [-0.1, -0.05) is 6.92 Å². The van der Waals surface area contributed by atoms with Crippen molar-refractivity contribution in [2.24, 2.45) is 4.99 Å². The van der Waals surface area contributed by atoms with Gasteiger partial charge in [0.1, 0.15) is 0 Å². The van der Waals surface area contributed by atoms with E-state index in [1.54, 1.807) is 11.3 Å². The Kier molecular flexibility index (Phi) is 7.85. The van der Waals surface area contributed by atoms with Crippen molar-refractivity contribution >= 4 is 17.3 Å². The minimum Gasteiger partial charge on any atom is -0.357 e. The lowest BCUT2D eigenvalue weighted by Crippen LogP contribution is -2.53. The molecule has 1 saturated heterocycles. The lowest BCUT2D eigenvalue weighted by atomic mass is 10.2. The number of rotatable bonds is 7. The Morgan fingerprint density at radius 3 is 2.65 bits per heavy atom. The van der Waals surface area contributed by atoms with E-state index in [0.29, 0.717) is 6.04 Å². The molecule has 1 aliphatic rings. The number of thiophene rings is 1. The van der Waals surface area contributed by atoms with Gasteiger partial charge in [0.2, 0.25) is 0 Å². The van der Waals surface area contributed by atoms with Crippen molar-refractivity contribution in [2.45, 2.75) is 33.4 Å². The van der Waals surface area contributed by atoms with Crippen molar-refractivity contribution in [3.63, 3.8) is 0 Å². The van der Waals surface area contributed by atoms with Crippen LogP contribution in [0.15, 0.2) is 21.8 Å². The monoisotopic (exact) mass is 337 g/mol. The molecule has 1 atom stereocenters. The molecule has 2 heterocycles. The van der Waals surface area contributed by atoms with Crippen molar-refractivity contribution in [1.29, 1.82) is 0 Å². The predicted molar refractivity (Wildman–Crippen MR) is 100 cm³/mol. The first-order chi connectivity index (χ1) is 11.2. The first kappa shape index (κ1) is 18.2. The highest BCUT2D eigenvalue weighted by Gasteiger charge is 2.20.